The van der Waals surface area contributed by atoms with E-state index in [0.717, 1.165) is 53.1 Å². The summed E-state index contributed by atoms with van der Waals surface area (Å²) in [6.45, 7) is 5.83. The third-order valence-corrected chi connectivity index (χ3v) is 6.54. The number of carbonyl (C=O) groups excluding carboxylic acids is 2. The SMILES string of the molecule is Cc1cc(C)c2c(N)c(C(=O)OCC(=O)N(C)C3CCC(C)CC3)sc2n1. The van der Waals surface area contributed by atoms with Crippen LogP contribution in [0.1, 0.15) is 53.5 Å². The molecule has 27 heavy (non-hydrogen) atoms. The quantitative estimate of drug-likeness (QED) is 0.806. The van der Waals surface area contributed by atoms with Crippen LogP contribution in [0.25, 0.3) is 10.2 Å². The largest absolute Gasteiger partial charge is 0.451 e. The Kier molecular flexibility index (Phi) is 5.69. The topological polar surface area (TPSA) is 85.5 Å². The van der Waals surface area contributed by atoms with Crippen LogP contribution >= 0.6 is 11.3 Å². The zero-order valence-electron chi connectivity index (χ0n) is 16.4. The molecule has 3 rings (SSSR count). The number of nitrogens with zero attached hydrogens (tertiary/aromatic N) is 2. The van der Waals surface area contributed by atoms with Crippen molar-refractivity contribution in [3.05, 3.63) is 22.2 Å². The van der Waals surface area contributed by atoms with Gasteiger partial charge in [-0.25, -0.2) is 9.78 Å². The Morgan fingerprint density at radius 1 is 1.30 bits per heavy atom. The van der Waals surface area contributed by atoms with E-state index in [-0.39, 0.29) is 18.6 Å². The van der Waals surface area contributed by atoms with E-state index in [1.165, 1.54) is 11.3 Å². The number of carbonyl (C=O) groups is 2. The van der Waals surface area contributed by atoms with Gasteiger partial charge in [0.2, 0.25) is 0 Å². The number of amides is 1. The van der Waals surface area contributed by atoms with Crippen molar-refractivity contribution in [3.8, 4) is 0 Å². The van der Waals surface area contributed by atoms with Crippen molar-refractivity contribution in [3.63, 3.8) is 0 Å². The molecule has 1 aliphatic carbocycles. The summed E-state index contributed by atoms with van der Waals surface area (Å²) >= 11 is 1.21. The molecule has 2 heterocycles. The van der Waals surface area contributed by atoms with Gasteiger partial charge in [0.25, 0.3) is 5.91 Å². The van der Waals surface area contributed by atoms with Gasteiger partial charge in [-0.3, -0.25) is 4.79 Å². The van der Waals surface area contributed by atoms with E-state index < -0.39 is 5.97 Å². The molecule has 0 aromatic carbocycles. The first-order valence-electron chi connectivity index (χ1n) is 9.37. The first-order valence-corrected chi connectivity index (χ1v) is 10.2. The summed E-state index contributed by atoms with van der Waals surface area (Å²) in [7, 11) is 1.79. The molecule has 0 unspecified atom stereocenters. The lowest BCUT2D eigenvalue weighted by atomic mass is 9.87. The van der Waals surface area contributed by atoms with Gasteiger partial charge in [-0.1, -0.05) is 6.92 Å². The highest BCUT2D eigenvalue weighted by Gasteiger charge is 2.26. The normalized spacial score (nSPS) is 19.9. The number of ether oxygens (including phenoxy) is 1. The highest BCUT2D eigenvalue weighted by Crippen LogP contribution is 2.35. The maximum absolute atomic E-state index is 12.5. The van der Waals surface area contributed by atoms with Gasteiger partial charge >= 0.3 is 5.97 Å². The van der Waals surface area contributed by atoms with Crippen molar-refractivity contribution in [2.24, 2.45) is 5.92 Å². The lowest BCUT2D eigenvalue weighted by molar-refractivity contribution is -0.136. The van der Waals surface area contributed by atoms with Crippen molar-refractivity contribution < 1.29 is 14.3 Å². The number of aryl methyl sites for hydroxylation is 2. The fourth-order valence-corrected chi connectivity index (χ4v) is 4.86. The number of hydrogen-bond donors (Lipinski definition) is 1. The third kappa shape index (κ3) is 4.08. The number of esters is 1. The molecule has 0 spiro atoms. The summed E-state index contributed by atoms with van der Waals surface area (Å²) in [6.07, 6.45) is 4.27. The van der Waals surface area contributed by atoms with Crippen LogP contribution in [0.4, 0.5) is 5.69 Å². The number of thiophene rings is 1. The molecule has 2 N–H and O–H groups in total. The summed E-state index contributed by atoms with van der Waals surface area (Å²) in [4.78, 5) is 32.1. The van der Waals surface area contributed by atoms with Gasteiger partial charge in [0, 0.05) is 24.2 Å². The summed E-state index contributed by atoms with van der Waals surface area (Å²) in [5, 5.41) is 0.789. The number of nitrogen functional groups attached to an aromatic ring is 1. The maximum Gasteiger partial charge on any atom is 0.351 e. The number of hydrogen-bond acceptors (Lipinski definition) is 6. The third-order valence-electron chi connectivity index (χ3n) is 5.46. The van der Waals surface area contributed by atoms with Gasteiger partial charge in [0.15, 0.2) is 6.61 Å². The van der Waals surface area contributed by atoms with Gasteiger partial charge < -0.3 is 15.4 Å². The molecule has 1 aliphatic rings. The zero-order valence-corrected chi connectivity index (χ0v) is 17.2. The Morgan fingerprint density at radius 3 is 2.63 bits per heavy atom. The Hall–Kier alpha value is -2.15. The zero-order chi connectivity index (χ0) is 19.7. The van der Waals surface area contributed by atoms with E-state index >= 15 is 0 Å². The standard InChI is InChI=1S/C20H27N3O3S/c1-11-5-7-14(8-6-11)23(4)15(24)10-26-20(25)18-17(21)16-12(2)9-13(3)22-19(16)27-18/h9,11,14H,5-8,10,21H2,1-4H3. The van der Waals surface area contributed by atoms with Crippen molar-refractivity contribution in [2.75, 3.05) is 19.4 Å². The number of fused-ring (bicyclic) bond motifs is 1. The molecule has 1 saturated carbocycles. The molecule has 1 amide bonds. The van der Waals surface area contributed by atoms with E-state index in [9.17, 15) is 9.59 Å². The minimum atomic E-state index is -0.563. The molecule has 0 saturated heterocycles. The molecule has 1 fully saturated rings. The van der Waals surface area contributed by atoms with Gasteiger partial charge in [-0.15, -0.1) is 11.3 Å². The van der Waals surface area contributed by atoms with E-state index in [0.29, 0.717) is 10.6 Å². The fourth-order valence-electron chi connectivity index (χ4n) is 3.75. The van der Waals surface area contributed by atoms with E-state index in [2.05, 4.69) is 11.9 Å². The summed E-state index contributed by atoms with van der Waals surface area (Å²) in [5.74, 6) is -0.0153. The molecular weight excluding hydrogens is 362 g/mol. The molecule has 0 radical (unpaired) electrons. The fraction of sp³-hybridized carbons (Fsp3) is 0.550. The second kappa shape index (κ2) is 7.84. The molecule has 0 aliphatic heterocycles. The first kappa shape index (κ1) is 19.6. The van der Waals surface area contributed by atoms with Gasteiger partial charge in [-0.05, 0) is 57.1 Å². The monoisotopic (exact) mass is 389 g/mol. The molecule has 2 aromatic rings. The second-order valence-electron chi connectivity index (χ2n) is 7.60. The van der Waals surface area contributed by atoms with Crippen LogP contribution in [0.2, 0.25) is 0 Å². The van der Waals surface area contributed by atoms with Crippen LogP contribution in [0, 0.1) is 19.8 Å². The summed E-state index contributed by atoms with van der Waals surface area (Å²) in [6, 6.07) is 2.17. The molecule has 7 heteroatoms. The van der Waals surface area contributed by atoms with Crippen LogP contribution in [0.15, 0.2) is 6.07 Å². The van der Waals surface area contributed by atoms with Crippen LogP contribution in [-0.4, -0.2) is 41.5 Å². The predicted molar refractivity (Wildman–Crippen MR) is 108 cm³/mol. The average molecular weight is 390 g/mol. The van der Waals surface area contributed by atoms with Gasteiger partial charge in [-0.2, -0.15) is 0 Å². The van der Waals surface area contributed by atoms with E-state index in [1.807, 2.05) is 19.9 Å². The Bertz CT molecular complexity index is 869. The Balaban J connectivity index is 1.65. The highest BCUT2D eigenvalue weighted by atomic mass is 32.1. The first-order chi connectivity index (χ1) is 12.8. The minimum Gasteiger partial charge on any atom is -0.451 e. The van der Waals surface area contributed by atoms with E-state index in [4.69, 9.17) is 10.5 Å². The number of pyridine rings is 1. The molecule has 0 bridgehead atoms. The number of rotatable bonds is 4. The second-order valence-corrected chi connectivity index (χ2v) is 8.60. The number of nitrogens with two attached hydrogens (primary N) is 1. The van der Waals surface area contributed by atoms with Crippen molar-refractivity contribution >= 4 is 39.1 Å². The van der Waals surface area contributed by atoms with Gasteiger partial charge in [0.05, 0.1) is 5.69 Å². The molecule has 146 valence electrons. The van der Waals surface area contributed by atoms with Crippen LogP contribution in [0.5, 0.6) is 0 Å². The van der Waals surface area contributed by atoms with Crippen molar-refractivity contribution in [1.82, 2.24) is 9.88 Å². The molecule has 2 aromatic heterocycles. The Morgan fingerprint density at radius 2 is 1.96 bits per heavy atom. The van der Waals surface area contributed by atoms with Crippen LogP contribution < -0.4 is 5.73 Å². The Labute approximate surface area is 163 Å². The molecule has 6 nitrogen and oxygen atoms in total. The van der Waals surface area contributed by atoms with Gasteiger partial charge in [0.1, 0.15) is 9.71 Å². The van der Waals surface area contributed by atoms with E-state index in [1.54, 1.807) is 11.9 Å². The number of anilines is 1. The smallest absolute Gasteiger partial charge is 0.351 e. The lowest BCUT2D eigenvalue weighted by Gasteiger charge is -2.33. The molecule has 0 atom stereocenters. The lowest BCUT2D eigenvalue weighted by Crippen LogP contribution is -2.41. The molecular formula is C20H27N3O3S. The average Bonchev–Trinajstić information content (AvgIpc) is 2.96. The van der Waals surface area contributed by atoms with Crippen LogP contribution in [0.3, 0.4) is 0 Å². The minimum absolute atomic E-state index is 0.173. The number of likely N-dealkylation sites (N-methyl/N-ethyl adjacent to an activating group) is 1. The number of aromatic nitrogens is 1. The summed E-state index contributed by atoms with van der Waals surface area (Å²) < 4.78 is 5.28. The van der Waals surface area contributed by atoms with Crippen molar-refractivity contribution in [1.29, 1.82) is 0 Å². The maximum atomic E-state index is 12.5. The highest BCUT2D eigenvalue weighted by molar-refractivity contribution is 7.21. The predicted octanol–water partition coefficient (Wildman–Crippen LogP) is 3.69. The van der Waals surface area contributed by atoms with Crippen molar-refractivity contribution in [2.45, 2.75) is 52.5 Å². The summed E-state index contributed by atoms with van der Waals surface area (Å²) in [5.41, 5.74) is 8.40. The van der Waals surface area contributed by atoms with Crippen LogP contribution in [-0.2, 0) is 9.53 Å².